The molecule has 0 aliphatic carbocycles. The van der Waals surface area contributed by atoms with Crippen LogP contribution in [0.5, 0.6) is 5.75 Å². The maximum atomic E-state index is 13.2. The number of Topliss-reactive ketones (excluding diaryl/α,β-unsaturated/α-hetero) is 1. The van der Waals surface area contributed by atoms with E-state index in [9.17, 15) is 9.18 Å². The van der Waals surface area contributed by atoms with Gasteiger partial charge >= 0.3 is 0 Å². The Labute approximate surface area is 94.6 Å². The van der Waals surface area contributed by atoms with Crippen molar-refractivity contribution in [2.75, 3.05) is 6.61 Å². The van der Waals surface area contributed by atoms with Crippen molar-refractivity contribution >= 4 is 21.7 Å². The van der Waals surface area contributed by atoms with Crippen LogP contribution in [0.4, 0.5) is 4.39 Å². The molecule has 1 rings (SSSR count). The van der Waals surface area contributed by atoms with Crippen molar-refractivity contribution < 1.29 is 13.9 Å². The minimum absolute atomic E-state index is 0.0499. The molecule has 0 unspecified atom stereocenters. The van der Waals surface area contributed by atoms with Crippen LogP contribution in [0.2, 0.25) is 0 Å². The number of hydrogen-bond donors (Lipinski definition) is 0. The third-order valence-corrected chi connectivity index (χ3v) is 2.31. The van der Waals surface area contributed by atoms with Crippen molar-refractivity contribution in [1.82, 2.24) is 0 Å². The molecule has 0 heterocycles. The molecule has 0 aliphatic heterocycles. The lowest BCUT2D eigenvalue weighted by Crippen LogP contribution is -2.01. The normalized spacial score (nSPS) is 9.47. The predicted octanol–water partition coefficient (Wildman–Crippen LogP) is 2.69. The maximum absolute atomic E-state index is 13.2. The van der Waals surface area contributed by atoms with Gasteiger partial charge < -0.3 is 4.74 Å². The molecule has 5 heteroatoms. The zero-order chi connectivity index (χ0) is 11.4. The third-order valence-electron chi connectivity index (χ3n) is 1.69. The van der Waals surface area contributed by atoms with Gasteiger partial charge in [0.25, 0.3) is 0 Å². The Morgan fingerprint density at radius 3 is 2.87 bits per heavy atom. The van der Waals surface area contributed by atoms with Crippen LogP contribution >= 0.6 is 15.9 Å². The zero-order valence-electron chi connectivity index (χ0n) is 7.88. The highest BCUT2D eigenvalue weighted by atomic mass is 79.9. The number of ketones is 1. The van der Waals surface area contributed by atoms with Crippen molar-refractivity contribution in [2.24, 2.45) is 0 Å². The molecule has 0 aliphatic rings. The van der Waals surface area contributed by atoms with Gasteiger partial charge in [0.2, 0.25) is 0 Å². The van der Waals surface area contributed by atoms with E-state index in [2.05, 4.69) is 15.9 Å². The van der Waals surface area contributed by atoms with E-state index in [1.54, 1.807) is 6.07 Å². The second-order valence-electron chi connectivity index (χ2n) is 2.77. The summed E-state index contributed by atoms with van der Waals surface area (Å²) in [5, 5.41) is 8.32. The average molecular weight is 272 g/mol. The number of hydrogen-bond acceptors (Lipinski definition) is 3. The summed E-state index contributed by atoms with van der Waals surface area (Å²) in [4.78, 5) is 11.0. The van der Waals surface area contributed by atoms with Crippen molar-refractivity contribution in [3.63, 3.8) is 0 Å². The summed E-state index contributed by atoms with van der Waals surface area (Å²) in [5.74, 6) is -0.719. The molecular formula is C10H7BrFNO2. The van der Waals surface area contributed by atoms with Crippen LogP contribution < -0.4 is 4.74 Å². The summed E-state index contributed by atoms with van der Waals surface area (Å²) in [6.07, 6.45) is 0. The summed E-state index contributed by atoms with van der Waals surface area (Å²) >= 11 is 3.07. The van der Waals surface area contributed by atoms with Gasteiger partial charge in [0, 0.05) is 0 Å². The summed E-state index contributed by atoms with van der Waals surface area (Å²) in [5.41, 5.74) is -0.0499. The molecule has 78 valence electrons. The van der Waals surface area contributed by atoms with Gasteiger partial charge in [-0.05, 0) is 35.0 Å². The number of nitrogens with zero attached hydrogens (tertiary/aromatic N) is 1. The van der Waals surface area contributed by atoms with E-state index in [0.717, 1.165) is 6.07 Å². The van der Waals surface area contributed by atoms with E-state index in [1.165, 1.54) is 13.0 Å². The topological polar surface area (TPSA) is 50.1 Å². The summed E-state index contributed by atoms with van der Waals surface area (Å²) in [7, 11) is 0. The SMILES string of the molecule is CC(=O)c1cc(OCC#N)c(Br)cc1F. The summed E-state index contributed by atoms with van der Waals surface area (Å²) < 4.78 is 18.6. The van der Waals surface area contributed by atoms with Crippen LogP contribution in [0.3, 0.4) is 0 Å². The zero-order valence-corrected chi connectivity index (χ0v) is 9.47. The van der Waals surface area contributed by atoms with E-state index in [4.69, 9.17) is 10.00 Å². The van der Waals surface area contributed by atoms with Gasteiger partial charge in [-0.1, -0.05) is 0 Å². The summed E-state index contributed by atoms with van der Waals surface area (Å²) in [6, 6.07) is 4.20. The molecular weight excluding hydrogens is 265 g/mol. The standard InChI is InChI=1S/C10H7BrFNO2/c1-6(14)7-4-10(15-3-2-13)8(11)5-9(7)12/h4-5H,3H2,1H3. The first-order chi connectivity index (χ1) is 7.06. The molecule has 1 aromatic carbocycles. The Bertz CT molecular complexity index is 440. The molecule has 0 bridgehead atoms. The number of carbonyl (C=O) groups is 1. The number of carbonyl (C=O) groups excluding carboxylic acids is 1. The Hall–Kier alpha value is -1.41. The predicted molar refractivity (Wildman–Crippen MR) is 55.2 cm³/mol. The van der Waals surface area contributed by atoms with Crippen molar-refractivity contribution in [3.05, 3.63) is 28.0 Å². The molecule has 3 nitrogen and oxygen atoms in total. The van der Waals surface area contributed by atoms with E-state index < -0.39 is 5.82 Å². The first-order valence-electron chi connectivity index (χ1n) is 4.06. The number of ether oxygens (including phenoxy) is 1. The second kappa shape index (κ2) is 4.89. The number of halogens is 2. The number of rotatable bonds is 3. The fraction of sp³-hybridized carbons (Fsp3) is 0.200. The first-order valence-corrected chi connectivity index (χ1v) is 4.85. The lowest BCUT2D eigenvalue weighted by Gasteiger charge is -2.07. The minimum Gasteiger partial charge on any atom is -0.478 e. The molecule has 0 radical (unpaired) electrons. The van der Waals surface area contributed by atoms with Gasteiger partial charge in [0.05, 0.1) is 10.0 Å². The Balaban J connectivity index is 3.13. The summed E-state index contributed by atoms with van der Waals surface area (Å²) in [6.45, 7) is 1.11. The van der Waals surface area contributed by atoms with Crippen molar-refractivity contribution in [3.8, 4) is 11.8 Å². The van der Waals surface area contributed by atoms with E-state index in [0.29, 0.717) is 4.47 Å². The van der Waals surface area contributed by atoms with Crippen LogP contribution in [0.15, 0.2) is 16.6 Å². The lowest BCUT2D eigenvalue weighted by molar-refractivity contribution is 0.101. The molecule has 0 aromatic heterocycles. The lowest BCUT2D eigenvalue weighted by atomic mass is 10.1. The molecule has 15 heavy (non-hydrogen) atoms. The molecule has 0 saturated heterocycles. The smallest absolute Gasteiger partial charge is 0.174 e. The quantitative estimate of drug-likeness (QED) is 0.795. The fourth-order valence-electron chi connectivity index (χ4n) is 1.02. The van der Waals surface area contributed by atoms with Crippen LogP contribution in [0.25, 0.3) is 0 Å². The Morgan fingerprint density at radius 2 is 2.33 bits per heavy atom. The monoisotopic (exact) mass is 271 g/mol. The Kier molecular flexibility index (Phi) is 3.81. The molecule has 0 N–H and O–H groups in total. The highest BCUT2D eigenvalue weighted by Crippen LogP contribution is 2.28. The number of benzene rings is 1. The average Bonchev–Trinajstić information content (AvgIpc) is 2.16. The molecule has 1 aromatic rings. The van der Waals surface area contributed by atoms with Gasteiger partial charge in [-0.2, -0.15) is 5.26 Å². The van der Waals surface area contributed by atoms with Gasteiger partial charge in [0.15, 0.2) is 12.4 Å². The molecule has 0 fully saturated rings. The second-order valence-corrected chi connectivity index (χ2v) is 3.62. The third kappa shape index (κ3) is 2.77. The van der Waals surface area contributed by atoms with Gasteiger partial charge in [-0.15, -0.1) is 0 Å². The molecule has 0 amide bonds. The molecule has 0 atom stereocenters. The van der Waals surface area contributed by atoms with E-state index in [1.807, 2.05) is 0 Å². The maximum Gasteiger partial charge on any atom is 0.174 e. The van der Waals surface area contributed by atoms with Crippen molar-refractivity contribution in [1.29, 1.82) is 5.26 Å². The van der Waals surface area contributed by atoms with Gasteiger partial charge in [-0.25, -0.2) is 4.39 Å². The van der Waals surface area contributed by atoms with Crippen LogP contribution in [0, 0.1) is 17.1 Å². The van der Waals surface area contributed by atoms with Crippen molar-refractivity contribution in [2.45, 2.75) is 6.92 Å². The fourth-order valence-corrected chi connectivity index (χ4v) is 1.45. The highest BCUT2D eigenvalue weighted by molar-refractivity contribution is 9.10. The molecule has 0 spiro atoms. The van der Waals surface area contributed by atoms with Crippen LogP contribution in [-0.2, 0) is 0 Å². The van der Waals surface area contributed by atoms with E-state index in [-0.39, 0.29) is 23.7 Å². The molecule has 0 saturated carbocycles. The van der Waals surface area contributed by atoms with Crippen LogP contribution in [-0.4, -0.2) is 12.4 Å². The van der Waals surface area contributed by atoms with Gasteiger partial charge in [0.1, 0.15) is 17.6 Å². The largest absolute Gasteiger partial charge is 0.478 e. The minimum atomic E-state index is -0.612. The van der Waals surface area contributed by atoms with Gasteiger partial charge in [-0.3, -0.25) is 4.79 Å². The number of nitriles is 1. The van der Waals surface area contributed by atoms with E-state index >= 15 is 0 Å². The van der Waals surface area contributed by atoms with Crippen LogP contribution in [0.1, 0.15) is 17.3 Å². The first kappa shape index (κ1) is 11.7. The Morgan fingerprint density at radius 1 is 1.67 bits per heavy atom. The highest BCUT2D eigenvalue weighted by Gasteiger charge is 2.12.